The van der Waals surface area contributed by atoms with Gasteiger partial charge >= 0.3 is 17.6 Å². The molecule has 14 N–H and O–H groups in total. The van der Waals surface area contributed by atoms with Gasteiger partial charge in [-0.3, -0.25) is 24.2 Å². The number of methoxy groups -OCH3 is 1. The number of aromatic amines is 2. The van der Waals surface area contributed by atoms with Gasteiger partial charge in [0.25, 0.3) is 11.5 Å². The number of carbonyl (C=O) groups excluding carboxylic acids is 3. The van der Waals surface area contributed by atoms with Gasteiger partial charge in [-0.25, -0.2) is 9.59 Å². The number of amides is 2. The second kappa shape index (κ2) is 24.7. The Morgan fingerprint density at radius 3 is 2.08 bits per heavy atom. The predicted molar refractivity (Wildman–Crippen MR) is 214 cm³/mol. The van der Waals surface area contributed by atoms with E-state index in [9.17, 15) is 79.8 Å². The van der Waals surface area contributed by atoms with Gasteiger partial charge in [0.1, 0.15) is 60.6 Å². The summed E-state index contributed by atoms with van der Waals surface area (Å²) < 4.78 is 34.0. The molecule has 65 heavy (non-hydrogen) atoms. The van der Waals surface area contributed by atoms with E-state index in [1.165, 1.54) is 7.11 Å². The second-order valence-electron chi connectivity index (χ2n) is 16.3. The lowest BCUT2D eigenvalue weighted by atomic mass is 9.70. The van der Waals surface area contributed by atoms with Crippen molar-refractivity contribution in [2.24, 2.45) is 5.92 Å². The first-order valence-electron chi connectivity index (χ1n) is 21.2. The van der Waals surface area contributed by atoms with Gasteiger partial charge in [-0.2, -0.15) is 0 Å². The maximum atomic E-state index is 13.4. The van der Waals surface area contributed by atoms with E-state index < -0.39 is 165 Å². The summed E-state index contributed by atoms with van der Waals surface area (Å²) in [6.45, 7) is -1.84. The van der Waals surface area contributed by atoms with E-state index in [-0.39, 0.29) is 12.6 Å². The molecule has 0 radical (unpaired) electrons. The van der Waals surface area contributed by atoms with Gasteiger partial charge in [0.05, 0.1) is 45.2 Å². The van der Waals surface area contributed by atoms with Crippen LogP contribution >= 0.6 is 0 Å². The number of H-pyrrole nitrogens is 2. The Morgan fingerprint density at radius 1 is 0.831 bits per heavy atom. The zero-order valence-electron chi connectivity index (χ0n) is 35.8. The average molecular weight is 939 g/mol. The van der Waals surface area contributed by atoms with E-state index in [4.69, 9.17) is 23.7 Å². The van der Waals surface area contributed by atoms with Crippen LogP contribution in [0.5, 0.6) is 0 Å². The predicted octanol–water partition coefficient (Wildman–Crippen LogP) is -5.82. The monoisotopic (exact) mass is 938 g/mol. The highest BCUT2D eigenvalue weighted by Gasteiger charge is 2.59. The molecule has 2 amide bonds. The fourth-order valence-corrected chi connectivity index (χ4v) is 8.28. The van der Waals surface area contributed by atoms with Crippen LogP contribution in [0, 0.1) is 5.92 Å². The first kappa shape index (κ1) is 53.6. The molecule has 2 saturated heterocycles. The van der Waals surface area contributed by atoms with E-state index in [0.29, 0.717) is 25.7 Å². The molecule has 11 unspecified atom stereocenters. The van der Waals surface area contributed by atoms with Crippen LogP contribution in [0.2, 0.25) is 0 Å². The Labute approximate surface area is 370 Å². The SMILES string of the molecule is COC(=O)CCCCCCCCO[C@@H]1OC(CO)[C@@H](OC2OC(CO)[C@H](O)C(O[C@]3(C(=O)O)CC(O)[C@@H](NC(C)=O)C(C(O)C(O)CO)C3)C2O)C(O)C1NC(=O)c1cc(=O)[nH]c(=O)[nH]1. The Balaban J connectivity index is 1.58. The third kappa shape index (κ3) is 13.8. The smallest absolute Gasteiger partial charge is 0.336 e. The molecule has 26 heteroatoms. The van der Waals surface area contributed by atoms with Crippen LogP contribution in [0.4, 0.5) is 0 Å². The Bertz CT molecular complexity index is 1810. The number of carboxylic acid groups (broad SMARTS) is 1. The van der Waals surface area contributed by atoms with E-state index in [1.807, 2.05) is 4.98 Å². The lowest BCUT2D eigenvalue weighted by molar-refractivity contribution is -0.358. The number of aromatic nitrogens is 2. The Kier molecular flexibility index (Phi) is 20.4. The third-order valence-electron chi connectivity index (χ3n) is 11.7. The fraction of sp³-hybridized carbons (Fsp3) is 0.795. The van der Waals surface area contributed by atoms with Gasteiger partial charge < -0.3 is 95.1 Å². The summed E-state index contributed by atoms with van der Waals surface area (Å²) in [5.74, 6) is -5.42. The summed E-state index contributed by atoms with van der Waals surface area (Å²) in [6.07, 6.45) is -19.8. The largest absolute Gasteiger partial charge is 0.479 e. The standard InChI is InChI=1S/C39H62N4O22/c1-17(47)40-26-18(28(52)21(49)14-44)12-39(37(57)58,13-20(26)48)65-33-29(53)22(15-45)62-36(31(33)55)64-32-23(16-46)63-35(61-10-8-6-4-3-5-7-9-25(51)60-2)27(30(32)54)43-34(56)19-11-24(50)42-38(59)41-19/h11,18,20-23,26-33,35-36,44-46,48-49,52-55H,3-10,12-16H2,1-2H3,(H,40,47)(H,43,56)(H,57,58)(H2,41,42,50,59)/t18?,20?,21?,22?,23?,26-,27?,28?,29-,30?,31?,32+,33?,35+,36?,39-/m0/s1. The highest BCUT2D eigenvalue weighted by Crippen LogP contribution is 2.42. The highest BCUT2D eigenvalue weighted by molar-refractivity contribution is 5.92. The molecule has 1 aromatic rings. The van der Waals surface area contributed by atoms with E-state index in [1.54, 1.807) is 0 Å². The van der Waals surface area contributed by atoms with Gasteiger partial charge in [-0.1, -0.05) is 25.7 Å². The van der Waals surface area contributed by atoms with Crippen molar-refractivity contribution in [3.8, 4) is 0 Å². The number of aliphatic hydroxyl groups is 9. The molecular weight excluding hydrogens is 876 g/mol. The van der Waals surface area contributed by atoms with Gasteiger partial charge in [-0.15, -0.1) is 0 Å². The van der Waals surface area contributed by atoms with Crippen molar-refractivity contribution in [2.75, 3.05) is 33.5 Å². The molecule has 1 saturated carbocycles. The lowest BCUT2D eigenvalue weighted by Gasteiger charge is -2.51. The summed E-state index contributed by atoms with van der Waals surface area (Å²) in [5.41, 5.74) is -5.11. The first-order valence-corrected chi connectivity index (χ1v) is 21.2. The van der Waals surface area contributed by atoms with E-state index in [0.717, 1.165) is 32.3 Å². The van der Waals surface area contributed by atoms with Gasteiger partial charge in [0, 0.05) is 38.4 Å². The third-order valence-corrected chi connectivity index (χ3v) is 11.7. The maximum Gasteiger partial charge on any atom is 0.336 e. The molecule has 1 aliphatic carbocycles. The molecule has 370 valence electrons. The number of carboxylic acids is 1. The summed E-state index contributed by atoms with van der Waals surface area (Å²) in [6, 6.07) is -2.23. The highest BCUT2D eigenvalue weighted by atomic mass is 16.7. The van der Waals surface area contributed by atoms with Crippen molar-refractivity contribution < 1.29 is 98.7 Å². The number of unbranched alkanes of at least 4 members (excludes halogenated alkanes) is 5. The van der Waals surface area contributed by atoms with Crippen molar-refractivity contribution in [3.05, 3.63) is 32.6 Å². The van der Waals surface area contributed by atoms with E-state index in [2.05, 4.69) is 20.4 Å². The van der Waals surface area contributed by atoms with Crippen LogP contribution in [-0.2, 0) is 42.8 Å². The first-order chi connectivity index (χ1) is 30.8. The van der Waals surface area contributed by atoms with Gasteiger partial charge in [-0.05, 0) is 19.3 Å². The number of nitrogens with one attached hydrogen (secondary N) is 4. The number of ether oxygens (including phenoxy) is 6. The molecule has 3 fully saturated rings. The number of aliphatic hydroxyl groups excluding tert-OH is 9. The van der Waals surface area contributed by atoms with Crippen LogP contribution in [0.1, 0.15) is 75.2 Å². The number of hydrogen-bond donors (Lipinski definition) is 14. The Morgan fingerprint density at radius 2 is 1.48 bits per heavy atom. The van der Waals surface area contributed by atoms with Crippen molar-refractivity contribution in [1.29, 1.82) is 0 Å². The molecule has 16 atom stereocenters. The van der Waals surface area contributed by atoms with Gasteiger partial charge in [0.15, 0.2) is 18.2 Å². The van der Waals surface area contributed by atoms with Crippen LogP contribution in [0.15, 0.2) is 15.7 Å². The van der Waals surface area contributed by atoms with Gasteiger partial charge in [0.2, 0.25) is 5.91 Å². The number of hydrogen-bond acceptors (Lipinski definition) is 21. The summed E-state index contributed by atoms with van der Waals surface area (Å²) in [7, 11) is 1.31. The van der Waals surface area contributed by atoms with Crippen LogP contribution in [0.25, 0.3) is 0 Å². The quantitative estimate of drug-likeness (QED) is 0.0359. The molecule has 3 heterocycles. The molecule has 4 rings (SSSR count). The summed E-state index contributed by atoms with van der Waals surface area (Å²) >= 11 is 0. The molecule has 1 aromatic heterocycles. The molecular formula is C39H62N4O22. The van der Waals surface area contributed by atoms with Crippen molar-refractivity contribution in [2.45, 2.75) is 156 Å². The molecule has 3 aliphatic rings. The minimum absolute atomic E-state index is 0.000598. The molecule has 2 aliphatic heterocycles. The Hall–Kier alpha value is -4.00. The fourth-order valence-electron chi connectivity index (χ4n) is 8.28. The van der Waals surface area contributed by atoms with Crippen LogP contribution in [-0.4, -0.2) is 210 Å². The normalized spacial score (nSPS) is 33.7. The topological polar surface area (TPSA) is 416 Å². The average Bonchev–Trinajstić information content (AvgIpc) is 3.26. The molecule has 0 spiro atoms. The minimum Gasteiger partial charge on any atom is -0.479 e. The minimum atomic E-state index is -2.62. The molecule has 0 aromatic carbocycles. The van der Waals surface area contributed by atoms with Crippen molar-refractivity contribution >= 4 is 23.8 Å². The van der Waals surface area contributed by atoms with Crippen molar-refractivity contribution in [3.63, 3.8) is 0 Å². The summed E-state index contributed by atoms with van der Waals surface area (Å²) in [4.78, 5) is 77.8. The molecule has 0 bridgehead atoms. The number of carbonyl (C=O) groups is 4. The maximum absolute atomic E-state index is 13.4. The second-order valence-corrected chi connectivity index (χ2v) is 16.3. The van der Waals surface area contributed by atoms with Crippen molar-refractivity contribution in [1.82, 2.24) is 20.6 Å². The zero-order valence-corrected chi connectivity index (χ0v) is 35.8. The van der Waals surface area contributed by atoms with Crippen LogP contribution < -0.4 is 21.9 Å². The summed E-state index contributed by atoms with van der Waals surface area (Å²) in [5, 5.41) is 113. The van der Waals surface area contributed by atoms with E-state index >= 15 is 0 Å². The zero-order chi connectivity index (χ0) is 48.2. The number of rotatable bonds is 23. The number of aliphatic carboxylic acids is 1. The van der Waals surface area contributed by atoms with Crippen LogP contribution in [0.3, 0.4) is 0 Å². The number of esters is 1. The molecule has 26 nitrogen and oxygen atoms in total. The lowest BCUT2D eigenvalue weighted by Crippen LogP contribution is -2.69.